The van der Waals surface area contributed by atoms with Crippen molar-refractivity contribution >= 4 is 17.1 Å². The Bertz CT molecular complexity index is 304. The highest BCUT2D eigenvalue weighted by molar-refractivity contribution is 7.09. The van der Waals surface area contributed by atoms with E-state index in [2.05, 4.69) is 4.98 Å². The van der Waals surface area contributed by atoms with Gasteiger partial charge in [-0.25, -0.2) is 4.98 Å². The average Bonchev–Trinajstić information content (AvgIpc) is 2.78. The minimum atomic E-state index is -0.132. The van der Waals surface area contributed by atoms with Gasteiger partial charge in [0.1, 0.15) is 6.10 Å². The third-order valence-electron chi connectivity index (χ3n) is 1.71. The molecule has 0 bridgehead atoms. The monoisotopic (exact) mass is 183 g/mol. The summed E-state index contributed by atoms with van der Waals surface area (Å²) in [5.41, 5.74) is 0.873. The molecule has 0 radical (unpaired) electrons. The Balaban J connectivity index is 1.98. The number of carbonyl (C=O) groups is 1. The zero-order chi connectivity index (χ0) is 8.55. The van der Waals surface area contributed by atoms with Gasteiger partial charge in [0.25, 0.3) is 0 Å². The summed E-state index contributed by atoms with van der Waals surface area (Å²) in [7, 11) is 0. The molecule has 1 unspecified atom stereocenters. The minimum Gasteiger partial charge on any atom is -0.365 e. The van der Waals surface area contributed by atoms with Crippen molar-refractivity contribution in [1.82, 2.24) is 4.98 Å². The lowest BCUT2D eigenvalue weighted by Crippen LogP contribution is -2.09. The standard InChI is InChI=1S/C8H9NO2S/c1-5-9-6(4-12-5)2-7(10)8-3-11-8/h4,8H,2-3H2,1H3. The number of ether oxygens (including phenoxy) is 1. The lowest BCUT2D eigenvalue weighted by molar-refractivity contribution is -0.119. The quantitative estimate of drug-likeness (QED) is 0.655. The maximum absolute atomic E-state index is 11.2. The van der Waals surface area contributed by atoms with Gasteiger partial charge in [0.2, 0.25) is 0 Å². The van der Waals surface area contributed by atoms with E-state index in [4.69, 9.17) is 4.74 Å². The van der Waals surface area contributed by atoms with E-state index in [1.165, 1.54) is 0 Å². The number of Topliss-reactive ketones (excluding diaryl/α,β-unsaturated/α-hetero) is 1. The summed E-state index contributed by atoms with van der Waals surface area (Å²) in [6.45, 7) is 2.54. The Kier molecular flexibility index (Phi) is 1.94. The first-order valence-corrected chi connectivity index (χ1v) is 4.69. The van der Waals surface area contributed by atoms with Gasteiger partial charge in [0.15, 0.2) is 5.78 Å². The molecule has 2 rings (SSSR count). The SMILES string of the molecule is Cc1nc(CC(=O)C2CO2)cs1. The van der Waals surface area contributed by atoms with Crippen LogP contribution in [0.3, 0.4) is 0 Å². The molecule has 2 heterocycles. The molecule has 0 saturated carbocycles. The second-order valence-electron chi connectivity index (χ2n) is 2.82. The van der Waals surface area contributed by atoms with Crippen molar-refractivity contribution in [2.24, 2.45) is 0 Å². The van der Waals surface area contributed by atoms with Crippen LogP contribution in [0.1, 0.15) is 10.7 Å². The summed E-state index contributed by atoms with van der Waals surface area (Å²) < 4.78 is 4.88. The summed E-state index contributed by atoms with van der Waals surface area (Å²) in [6.07, 6.45) is 0.293. The molecule has 3 nitrogen and oxygen atoms in total. The van der Waals surface area contributed by atoms with Gasteiger partial charge in [-0.05, 0) is 6.92 Å². The van der Waals surface area contributed by atoms with Gasteiger partial charge in [-0.3, -0.25) is 4.79 Å². The van der Waals surface area contributed by atoms with Gasteiger partial charge in [-0.2, -0.15) is 0 Å². The summed E-state index contributed by atoms with van der Waals surface area (Å²) in [6, 6.07) is 0. The zero-order valence-electron chi connectivity index (χ0n) is 6.74. The van der Waals surface area contributed by atoms with Crippen LogP contribution in [-0.2, 0) is 16.0 Å². The smallest absolute Gasteiger partial charge is 0.169 e. The summed E-state index contributed by atoms with van der Waals surface area (Å²) in [4.78, 5) is 15.4. The molecule has 1 fully saturated rings. The Hall–Kier alpha value is -0.740. The second-order valence-corrected chi connectivity index (χ2v) is 3.89. The van der Waals surface area contributed by atoms with Crippen molar-refractivity contribution in [2.75, 3.05) is 6.61 Å². The molecule has 0 spiro atoms. The van der Waals surface area contributed by atoms with Crippen LogP contribution in [-0.4, -0.2) is 23.5 Å². The third-order valence-corrected chi connectivity index (χ3v) is 2.54. The number of epoxide rings is 1. The fourth-order valence-corrected chi connectivity index (χ4v) is 1.63. The fourth-order valence-electron chi connectivity index (χ4n) is 1.02. The van der Waals surface area contributed by atoms with Crippen molar-refractivity contribution in [2.45, 2.75) is 19.4 Å². The van der Waals surface area contributed by atoms with Crippen LogP contribution in [0.4, 0.5) is 0 Å². The summed E-state index contributed by atoms with van der Waals surface area (Å²) in [5, 5.41) is 2.94. The minimum absolute atomic E-state index is 0.132. The van der Waals surface area contributed by atoms with Crippen molar-refractivity contribution in [3.63, 3.8) is 0 Å². The first-order valence-electron chi connectivity index (χ1n) is 3.81. The maximum Gasteiger partial charge on any atom is 0.169 e. The predicted octanol–water partition coefficient (Wildman–Crippen LogP) is 0.962. The molecule has 1 saturated heterocycles. The molecular formula is C8H9NO2S. The van der Waals surface area contributed by atoms with Crippen molar-refractivity contribution in [3.8, 4) is 0 Å². The number of aromatic nitrogens is 1. The lowest BCUT2D eigenvalue weighted by Gasteiger charge is -1.90. The highest BCUT2D eigenvalue weighted by Crippen LogP contribution is 2.15. The molecule has 12 heavy (non-hydrogen) atoms. The topological polar surface area (TPSA) is 42.5 Å². The number of ketones is 1. The van der Waals surface area contributed by atoms with Crippen LogP contribution in [0.2, 0.25) is 0 Å². The molecular weight excluding hydrogens is 174 g/mol. The van der Waals surface area contributed by atoms with Gasteiger partial charge < -0.3 is 4.74 Å². The van der Waals surface area contributed by atoms with Crippen LogP contribution >= 0.6 is 11.3 Å². The number of thiazole rings is 1. The number of nitrogens with zero attached hydrogens (tertiary/aromatic N) is 1. The molecule has 1 aliphatic heterocycles. The first kappa shape index (κ1) is 7.89. The van der Waals surface area contributed by atoms with E-state index < -0.39 is 0 Å². The fraction of sp³-hybridized carbons (Fsp3) is 0.500. The molecule has 4 heteroatoms. The van der Waals surface area contributed by atoms with Crippen LogP contribution in [0, 0.1) is 6.92 Å². The van der Waals surface area contributed by atoms with Crippen LogP contribution in [0.5, 0.6) is 0 Å². The van der Waals surface area contributed by atoms with E-state index in [1.807, 2.05) is 12.3 Å². The third kappa shape index (κ3) is 1.70. The Morgan fingerprint density at radius 2 is 2.67 bits per heavy atom. The molecule has 1 aromatic heterocycles. The number of carbonyl (C=O) groups excluding carboxylic acids is 1. The van der Waals surface area contributed by atoms with E-state index in [0.29, 0.717) is 13.0 Å². The molecule has 0 N–H and O–H groups in total. The molecule has 1 aliphatic rings. The predicted molar refractivity (Wildman–Crippen MR) is 45.3 cm³/mol. The van der Waals surface area contributed by atoms with E-state index >= 15 is 0 Å². The largest absolute Gasteiger partial charge is 0.365 e. The van der Waals surface area contributed by atoms with E-state index in [0.717, 1.165) is 10.7 Å². The highest BCUT2D eigenvalue weighted by atomic mass is 32.1. The Labute approximate surface area is 74.4 Å². The first-order chi connectivity index (χ1) is 5.75. The van der Waals surface area contributed by atoms with Crippen molar-refractivity contribution in [3.05, 3.63) is 16.1 Å². The van der Waals surface area contributed by atoms with Crippen LogP contribution in [0.25, 0.3) is 0 Å². The average molecular weight is 183 g/mol. The number of hydrogen-bond acceptors (Lipinski definition) is 4. The second kappa shape index (κ2) is 2.95. The van der Waals surface area contributed by atoms with Gasteiger partial charge in [0, 0.05) is 5.38 Å². The lowest BCUT2D eigenvalue weighted by atomic mass is 10.2. The molecule has 0 aliphatic carbocycles. The molecule has 0 amide bonds. The number of hydrogen-bond donors (Lipinski definition) is 0. The van der Waals surface area contributed by atoms with Crippen molar-refractivity contribution in [1.29, 1.82) is 0 Å². The highest BCUT2D eigenvalue weighted by Gasteiger charge is 2.31. The van der Waals surface area contributed by atoms with Gasteiger partial charge in [-0.15, -0.1) is 11.3 Å². The van der Waals surface area contributed by atoms with Crippen LogP contribution < -0.4 is 0 Å². The van der Waals surface area contributed by atoms with E-state index in [9.17, 15) is 4.79 Å². The number of rotatable bonds is 3. The number of aryl methyl sites for hydroxylation is 1. The zero-order valence-corrected chi connectivity index (χ0v) is 7.56. The van der Waals surface area contributed by atoms with Crippen LogP contribution in [0.15, 0.2) is 5.38 Å². The Morgan fingerprint density at radius 1 is 1.92 bits per heavy atom. The molecule has 1 atom stereocenters. The summed E-state index contributed by atoms with van der Waals surface area (Å²) >= 11 is 1.57. The van der Waals surface area contributed by atoms with Gasteiger partial charge >= 0.3 is 0 Å². The summed E-state index contributed by atoms with van der Waals surface area (Å²) in [5.74, 6) is 0.153. The van der Waals surface area contributed by atoms with Crippen molar-refractivity contribution < 1.29 is 9.53 Å². The molecule has 1 aromatic rings. The van der Waals surface area contributed by atoms with Gasteiger partial charge in [-0.1, -0.05) is 0 Å². The molecule has 0 aromatic carbocycles. The normalized spacial score (nSPS) is 20.9. The molecule has 64 valence electrons. The Morgan fingerprint density at radius 3 is 3.17 bits per heavy atom. The maximum atomic E-state index is 11.2. The van der Waals surface area contributed by atoms with E-state index in [1.54, 1.807) is 11.3 Å². The van der Waals surface area contributed by atoms with Gasteiger partial charge in [0.05, 0.1) is 23.7 Å². The van der Waals surface area contributed by atoms with E-state index in [-0.39, 0.29) is 11.9 Å².